The van der Waals surface area contributed by atoms with Crippen LogP contribution in [0.4, 0.5) is 0 Å². The van der Waals surface area contributed by atoms with E-state index in [0.29, 0.717) is 13.2 Å². The number of ether oxygens (including phenoxy) is 2. The fourth-order valence-corrected chi connectivity index (χ4v) is 2.97. The molecule has 18 heavy (non-hydrogen) atoms. The Morgan fingerprint density at radius 2 is 1.89 bits per heavy atom. The molecule has 0 aromatic carbocycles. The standard InChI is InChI=1S/C15H31NO2/c1-3-5-14-6-9-15(16,10-7-14)8-4-11-18-13-12-17-2/h14H,3-13,16H2,1-2H3. The van der Waals surface area contributed by atoms with Crippen molar-refractivity contribution in [3.63, 3.8) is 0 Å². The Balaban J connectivity index is 2.07. The summed E-state index contributed by atoms with van der Waals surface area (Å²) in [6.07, 6.45) is 9.96. The van der Waals surface area contributed by atoms with Crippen molar-refractivity contribution in [2.24, 2.45) is 11.7 Å². The van der Waals surface area contributed by atoms with Crippen LogP contribution in [0.3, 0.4) is 0 Å². The Hall–Kier alpha value is -0.120. The molecular formula is C15H31NO2. The highest BCUT2D eigenvalue weighted by molar-refractivity contribution is 4.89. The van der Waals surface area contributed by atoms with Gasteiger partial charge in [-0.05, 0) is 44.4 Å². The van der Waals surface area contributed by atoms with Crippen LogP contribution in [0.15, 0.2) is 0 Å². The maximum Gasteiger partial charge on any atom is 0.0700 e. The highest BCUT2D eigenvalue weighted by Crippen LogP contribution is 2.35. The van der Waals surface area contributed by atoms with Crippen molar-refractivity contribution in [1.82, 2.24) is 0 Å². The lowest BCUT2D eigenvalue weighted by Gasteiger charge is -2.37. The summed E-state index contributed by atoms with van der Waals surface area (Å²) in [6, 6.07) is 0. The summed E-state index contributed by atoms with van der Waals surface area (Å²) in [6.45, 7) is 4.49. The number of hydrogen-bond donors (Lipinski definition) is 1. The van der Waals surface area contributed by atoms with Gasteiger partial charge in [0.2, 0.25) is 0 Å². The minimum atomic E-state index is 0.0921. The predicted molar refractivity (Wildman–Crippen MR) is 75.7 cm³/mol. The number of methoxy groups -OCH3 is 1. The van der Waals surface area contributed by atoms with E-state index in [1.165, 1.54) is 38.5 Å². The van der Waals surface area contributed by atoms with Gasteiger partial charge in [0.25, 0.3) is 0 Å². The van der Waals surface area contributed by atoms with Crippen LogP contribution >= 0.6 is 0 Å². The van der Waals surface area contributed by atoms with Gasteiger partial charge in [-0.1, -0.05) is 19.8 Å². The summed E-state index contributed by atoms with van der Waals surface area (Å²) in [4.78, 5) is 0. The van der Waals surface area contributed by atoms with Gasteiger partial charge in [0.05, 0.1) is 13.2 Å². The van der Waals surface area contributed by atoms with Gasteiger partial charge in [0.15, 0.2) is 0 Å². The van der Waals surface area contributed by atoms with Gasteiger partial charge in [-0.25, -0.2) is 0 Å². The molecule has 1 rings (SSSR count). The molecule has 1 saturated carbocycles. The molecule has 0 aromatic rings. The van der Waals surface area contributed by atoms with Crippen molar-refractivity contribution in [3.05, 3.63) is 0 Å². The Morgan fingerprint density at radius 1 is 1.17 bits per heavy atom. The molecule has 0 amide bonds. The van der Waals surface area contributed by atoms with Crippen molar-refractivity contribution in [2.75, 3.05) is 26.9 Å². The molecule has 0 bridgehead atoms. The molecule has 1 aliphatic carbocycles. The Morgan fingerprint density at radius 3 is 2.50 bits per heavy atom. The third kappa shape index (κ3) is 6.17. The summed E-state index contributed by atoms with van der Waals surface area (Å²) >= 11 is 0. The first-order valence-corrected chi connectivity index (χ1v) is 7.56. The van der Waals surface area contributed by atoms with Gasteiger partial charge >= 0.3 is 0 Å². The normalized spacial score (nSPS) is 28.5. The lowest BCUT2D eigenvalue weighted by Crippen LogP contribution is -2.43. The van der Waals surface area contributed by atoms with E-state index in [4.69, 9.17) is 15.2 Å². The van der Waals surface area contributed by atoms with Crippen LogP contribution in [0, 0.1) is 5.92 Å². The maximum atomic E-state index is 6.48. The van der Waals surface area contributed by atoms with Gasteiger partial charge in [0, 0.05) is 19.3 Å². The van der Waals surface area contributed by atoms with E-state index in [1.54, 1.807) is 7.11 Å². The highest BCUT2D eigenvalue weighted by Gasteiger charge is 2.30. The van der Waals surface area contributed by atoms with E-state index in [2.05, 4.69) is 6.92 Å². The second-order valence-corrected chi connectivity index (χ2v) is 5.80. The third-order valence-corrected chi connectivity index (χ3v) is 4.19. The van der Waals surface area contributed by atoms with E-state index in [9.17, 15) is 0 Å². The van der Waals surface area contributed by atoms with E-state index in [1.807, 2.05) is 0 Å². The Bertz CT molecular complexity index is 201. The van der Waals surface area contributed by atoms with Crippen LogP contribution < -0.4 is 5.73 Å². The minimum absolute atomic E-state index is 0.0921. The first-order valence-electron chi connectivity index (χ1n) is 7.56. The minimum Gasteiger partial charge on any atom is -0.382 e. The third-order valence-electron chi connectivity index (χ3n) is 4.19. The summed E-state index contributed by atoms with van der Waals surface area (Å²) in [5.74, 6) is 0.935. The van der Waals surface area contributed by atoms with Crippen LogP contribution in [0.1, 0.15) is 58.3 Å². The second kappa shape index (κ2) is 8.89. The number of nitrogens with two attached hydrogens (primary N) is 1. The lowest BCUT2D eigenvalue weighted by molar-refractivity contribution is 0.0645. The van der Waals surface area contributed by atoms with Gasteiger partial charge in [0.1, 0.15) is 0 Å². The predicted octanol–water partition coefficient (Wildman–Crippen LogP) is 3.12. The maximum absolute atomic E-state index is 6.48. The molecule has 0 spiro atoms. The lowest BCUT2D eigenvalue weighted by atomic mass is 9.74. The average Bonchev–Trinajstić information content (AvgIpc) is 2.37. The quantitative estimate of drug-likeness (QED) is 0.645. The van der Waals surface area contributed by atoms with Crippen LogP contribution in [0.25, 0.3) is 0 Å². The molecule has 2 N–H and O–H groups in total. The number of rotatable bonds is 9. The summed E-state index contributed by atoms with van der Waals surface area (Å²) < 4.78 is 10.4. The molecule has 0 saturated heterocycles. The Kier molecular flexibility index (Phi) is 7.87. The molecule has 0 aliphatic heterocycles. The second-order valence-electron chi connectivity index (χ2n) is 5.80. The zero-order chi connectivity index (χ0) is 13.3. The molecule has 0 radical (unpaired) electrons. The van der Waals surface area contributed by atoms with Crippen molar-refractivity contribution < 1.29 is 9.47 Å². The van der Waals surface area contributed by atoms with E-state index >= 15 is 0 Å². The molecular weight excluding hydrogens is 226 g/mol. The van der Waals surface area contributed by atoms with Crippen LogP contribution in [-0.4, -0.2) is 32.5 Å². The van der Waals surface area contributed by atoms with Crippen LogP contribution in [0.5, 0.6) is 0 Å². The van der Waals surface area contributed by atoms with Gasteiger partial charge in [-0.15, -0.1) is 0 Å². The van der Waals surface area contributed by atoms with Crippen molar-refractivity contribution in [3.8, 4) is 0 Å². The molecule has 108 valence electrons. The van der Waals surface area contributed by atoms with E-state index < -0.39 is 0 Å². The van der Waals surface area contributed by atoms with Crippen LogP contribution in [-0.2, 0) is 9.47 Å². The van der Waals surface area contributed by atoms with Gasteiger partial charge < -0.3 is 15.2 Å². The molecule has 0 unspecified atom stereocenters. The molecule has 0 heterocycles. The topological polar surface area (TPSA) is 44.5 Å². The number of hydrogen-bond acceptors (Lipinski definition) is 3. The van der Waals surface area contributed by atoms with Crippen molar-refractivity contribution in [1.29, 1.82) is 0 Å². The monoisotopic (exact) mass is 257 g/mol. The van der Waals surface area contributed by atoms with E-state index in [0.717, 1.165) is 25.4 Å². The molecule has 3 heteroatoms. The van der Waals surface area contributed by atoms with E-state index in [-0.39, 0.29) is 5.54 Å². The van der Waals surface area contributed by atoms with Gasteiger partial charge in [-0.3, -0.25) is 0 Å². The fourth-order valence-electron chi connectivity index (χ4n) is 2.97. The first kappa shape index (κ1) is 15.9. The fraction of sp³-hybridized carbons (Fsp3) is 1.00. The van der Waals surface area contributed by atoms with Crippen molar-refractivity contribution >= 4 is 0 Å². The SMILES string of the molecule is CCCC1CCC(N)(CCCOCCOC)CC1. The molecule has 3 nitrogen and oxygen atoms in total. The first-order chi connectivity index (χ1) is 8.70. The largest absolute Gasteiger partial charge is 0.382 e. The average molecular weight is 257 g/mol. The summed E-state index contributed by atoms with van der Waals surface area (Å²) in [5, 5.41) is 0. The molecule has 0 aromatic heterocycles. The molecule has 1 aliphatic rings. The zero-order valence-electron chi connectivity index (χ0n) is 12.2. The molecule has 1 fully saturated rings. The zero-order valence-corrected chi connectivity index (χ0v) is 12.2. The highest BCUT2D eigenvalue weighted by atomic mass is 16.5. The molecule has 0 atom stereocenters. The Labute approximate surface area is 112 Å². The van der Waals surface area contributed by atoms with Gasteiger partial charge in [-0.2, -0.15) is 0 Å². The summed E-state index contributed by atoms with van der Waals surface area (Å²) in [7, 11) is 1.70. The smallest absolute Gasteiger partial charge is 0.0700 e. The van der Waals surface area contributed by atoms with Crippen LogP contribution in [0.2, 0.25) is 0 Å². The summed E-state index contributed by atoms with van der Waals surface area (Å²) in [5.41, 5.74) is 6.57. The van der Waals surface area contributed by atoms with Crippen molar-refractivity contribution in [2.45, 2.75) is 63.8 Å².